The average Bonchev–Trinajstić information content (AvgIpc) is 2.80. The largest absolute Gasteiger partial charge is 0.380 e. The van der Waals surface area contributed by atoms with Crippen molar-refractivity contribution in [3.05, 3.63) is 54.8 Å². The maximum Gasteiger partial charge on any atom is 0.324 e. The Kier molecular flexibility index (Phi) is 4.21. The van der Waals surface area contributed by atoms with Crippen LogP contribution in [0.4, 0.5) is 10.7 Å². The lowest BCUT2D eigenvalue weighted by atomic mass is 10.3. The van der Waals surface area contributed by atoms with Crippen molar-refractivity contribution < 1.29 is 4.92 Å². The van der Waals surface area contributed by atoms with Crippen LogP contribution in [0.2, 0.25) is 5.02 Å². The Morgan fingerprint density at radius 2 is 2.28 bits per heavy atom. The standard InChI is InChI=1S/C11H8BrClN2O2S/c12-11-8(13)2-1-3-9(11)14-5-7-4-10(15(16)17)18-6-7/h1-4,6,14H,5H2. The predicted molar refractivity (Wildman–Crippen MR) is 77.5 cm³/mol. The molecule has 0 unspecified atom stereocenters. The van der Waals surface area contributed by atoms with E-state index in [0.29, 0.717) is 11.6 Å². The second kappa shape index (κ2) is 5.69. The van der Waals surface area contributed by atoms with Crippen molar-refractivity contribution in [1.82, 2.24) is 0 Å². The third-order valence-electron chi connectivity index (χ3n) is 2.25. The van der Waals surface area contributed by atoms with Crippen molar-refractivity contribution in [2.45, 2.75) is 6.54 Å². The first-order valence-electron chi connectivity index (χ1n) is 4.97. The molecule has 0 aliphatic rings. The summed E-state index contributed by atoms with van der Waals surface area (Å²) in [6, 6.07) is 7.07. The number of anilines is 1. The molecule has 0 spiro atoms. The Balaban J connectivity index is 2.07. The SMILES string of the molecule is O=[N+]([O-])c1cc(CNc2cccc(Cl)c2Br)cs1. The Labute approximate surface area is 121 Å². The maximum absolute atomic E-state index is 10.6. The molecule has 0 aliphatic heterocycles. The maximum atomic E-state index is 10.6. The number of thiophene rings is 1. The van der Waals surface area contributed by atoms with Crippen molar-refractivity contribution in [2.24, 2.45) is 0 Å². The third-order valence-corrected chi connectivity index (χ3v) is 4.58. The van der Waals surface area contributed by atoms with Gasteiger partial charge in [0.05, 0.1) is 20.1 Å². The summed E-state index contributed by atoms with van der Waals surface area (Å²) in [5.41, 5.74) is 1.73. The summed E-state index contributed by atoms with van der Waals surface area (Å²) in [4.78, 5) is 10.2. The highest BCUT2D eigenvalue weighted by Crippen LogP contribution is 2.31. The highest BCUT2D eigenvalue weighted by Gasteiger charge is 2.10. The van der Waals surface area contributed by atoms with Gasteiger partial charge in [0.1, 0.15) is 0 Å². The summed E-state index contributed by atoms with van der Waals surface area (Å²) in [5, 5.41) is 16.3. The summed E-state index contributed by atoms with van der Waals surface area (Å²) in [7, 11) is 0. The van der Waals surface area contributed by atoms with Crippen LogP contribution in [0.3, 0.4) is 0 Å². The summed E-state index contributed by atoms with van der Waals surface area (Å²) >= 11 is 10.5. The molecule has 0 bridgehead atoms. The van der Waals surface area contributed by atoms with Gasteiger partial charge >= 0.3 is 5.00 Å². The van der Waals surface area contributed by atoms with E-state index in [4.69, 9.17) is 11.6 Å². The molecule has 0 saturated carbocycles. The van der Waals surface area contributed by atoms with Crippen LogP contribution >= 0.6 is 38.9 Å². The molecule has 94 valence electrons. The minimum Gasteiger partial charge on any atom is -0.380 e. The van der Waals surface area contributed by atoms with E-state index in [1.807, 2.05) is 12.1 Å². The van der Waals surface area contributed by atoms with Crippen LogP contribution in [0.5, 0.6) is 0 Å². The first kappa shape index (κ1) is 13.3. The summed E-state index contributed by atoms with van der Waals surface area (Å²) < 4.78 is 0.788. The first-order valence-corrected chi connectivity index (χ1v) is 7.02. The van der Waals surface area contributed by atoms with Crippen LogP contribution in [-0.2, 0) is 6.54 Å². The zero-order valence-corrected chi connectivity index (χ0v) is 12.2. The second-order valence-corrected chi connectivity index (χ2v) is 5.60. The van der Waals surface area contributed by atoms with Gasteiger partial charge in [0.2, 0.25) is 0 Å². The van der Waals surface area contributed by atoms with Gasteiger partial charge in [-0.05, 0) is 33.6 Å². The number of halogens is 2. The summed E-state index contributed by atoms with van der Waals surface area (Å²) in [6.07, 6.45) is 0. The Bertz CT molecular complexity index is 588. The number of nitrogens with one attached hydrogen (secondary N) is 1. The predicted octanol–water partition coefficient (Wildman–Crippen LogP) is 4.68. The van der Waals surface area contributed by atoms with E-state index in [1.54, 1.807) is 17.5 Å². The van der Waals surface area contributed by atoms with Crippen LogP contribution in [0.25, 0.3) is 0 Å². The van der Waals surface area contributed by atoms with Gasteiger partial charge in [-0.3, -0.25) is 10.1 Å². The second-order valence-electron chi connectivity index (χ2n) is 3.51. The molecule has 1 heterocycles. The monoisotopic (exact) mass is 346 g/mol. The van der Waals surface area contributed by atoms with E-state index in [-0.39, 0.29) is 9.92 Å². The van der Waals surface area contributed by atoms with Crippen LogP contribution in [-0.4, -0.2) is 4.92 Å². The molecule has 18 heavy (non-hydrogen) atoms. The van der Waals surface area contributed by atoms with Gasteiger partial charge < -0.3 is 5.32 Å². The van der Waals surface area contributed by atoms with Gasteiger partial charge in [0.25, 0.3) is 0 Å². The van der Waals surface area contributed by atoms with E-state index in [0.717, 1.165) is 27.1 Å². The fourth-order valence-electron chi connectivity index (χ4n) is 1.39. The average molecular weight is 348 g/mol. The molecule has 0 fully saturated rings. The lowest BCUT2D eigenvalue weighted by Crippen LogP contribution is -1.98. The quantitative estimate of drug-likeness (QED) is 0.645. The first-order chi connectivity index (χ1) is 8.58. The minimum absolute atomic E-state index is 0.150. The zero-order chi connectivity index (χ0) is 13.1. The van der Waals surface area contributed by atoms with Crippen molar-refractivity contribution in [3.8, 4) is 0 Å². The van der Waals surface area contributed by atoms with Gasteiger partial charge in [-0.15, -0.1) is 0 Å². The molecular weight excluding hydrogens is 340 g/mol. The number of nitrogens with zero attached hydrogens (tertiary/aromatic N) is 1. The van der Waals surface area contributed by atoms with Gasteiger partial charge in [-0.2, -0.15) is 0 Å². The van der Waals surface area contributed by atoms with Crippen molar-refractivity contribution in [1.29, 1.82) is 0 Å². The van der Waals surface area contributed by atoms with E-state index < -0.39 is 0 Å². The van der Waals surface area contributed by atoms with E-state index in [9.17, 15) is 10.1 Å². The Morgan fingerprint density at radius 1 is 1.50 bits per heavy atom. The van der Waals surface area contributed by atoms with Gasteiger partial charge in [0, 0.05) is 18.0 Å². The van der Waals surface area contributed by atoms with Gasteiger partial charge in [0.15, 0.2) is 0 Å². The molecule has 0 saturated heterocycles. The Morgan fingerprint density at radius 3 is 2.94 bits per heavy atom. The van der Waals surface area contributed by atoms with E-state index in [1.165, 1.54) is 0 Å². The number of rotatable bonds is 4. The van der Waals surface area contributed by atoms with Crippen LogP contribution in [0.1, 0.15) is 5.56 Å². The molecule has 0 aliphatic carbocycles. The van der Waals surface area contributed by atoms with Crippen molar-refractivity contribution in [3.63, 3.8) is 0 Å². The number of nitro groups is 1. The molecule has 2 rings (SSSR count). The number of hydrogen-bond donors (Lipinski definition) is 1. The fourth-order valence-corrected chi connectivity index (χ4v) is 2.70. The highest BCUT2D eigenvalue weighted by atomic mass is 79.9. The molecule has 1 N–H and O–H groups in total. The lowest BCUT2D eigenvalue weighted by molar-refractivity contribution is -0.380. The van der Waals surface area contributed by atoms with E-state index in [2.05, 4.69) is 21.2 Å². The van der Waals surface area contributed by atoms with Crippen molar-refractivity contribution in [2.75, 3.05) is 5.32 Å². The minimum atomic E-state index is -0.385. The summed E-state index contributed by atoms with van der Waals surface area (Å²) in [5.74, 6) is 0. The molecule has 1 aromatic carbocycles. The molecule has 2 aromatic rings. The molecule has 4 nitrogen and oxygen atoms in total. The van der Waals surface area contributed by atoms with Gasteiger partial charge in [-0.1, -0.05) is 29.0 Å². The molecule has 0 atom stereocenters. The Hall–Kier alpha value is -1.11. The van der Waals surface area contributed by atoms with Crippen LogP contribution in [0, 0.1) is 10.1 Å². The normalized spacial score (nSPS) is 10.3. The molecule has 1 aromatic heterocycles. The molecule has 7 heteroatoms. The third kappa shape index (κ3) is 3.01. The zero-order valence-electron chi connectivity index (χ0n) is 9.02. The summed E-state index contributed by atoms with van der Waals surface area (Å²) in [6.45, 7) is 0.517. The molecule has 0 amide bonds. The van der Waals surface area contributed by atoms with Gasteiger partial charge in [-0.25, -0.2) is 0 Å². The van der Waals surface area contributed by atoms with E-state index >= 15 is 0 Å². The fraction of sp³-hybridized carbons (Fsp3) is 0.0909. The molecular formula is C11H8BrClN2O2S. The molecule has 0 radical (unpaired) electrons. The number of benzene rings is 1. The lowest BCUT2D eigenvalue weighted by Gasteiger charge is -2.08. The topological polar surface area (TPSA) is 55.2 Å². The van der Waals surface area contributed by atoms with Crippen LogP contribution < -0.4 is 5.32 Å². The van der Waals surface area contributed by atoms with Crippen molar-refractivity contribution >= 4 is 49.6 Å². The smallest absolute Gasteiger partial charge is 0.324 e. The number of hydrogen-bond acceptors (Lipinski definition) is 4. The highest BCUT2D eigenvalue weighted by molar-refractivity contribution is 9.10. The van der Waals surface area contributed by atoms with Crippen LogP contribution in [0.15, 0.2) is 34.1 Å².